The zero-order chi connectivity index (χ0) is 13.9. The van der Waals surface area contributed by atoms with Crippen LogP contribution in [-0.4, -0.2) is 18.0 Å². The molecule has 0 bridgehead atoms. The van der Waals surface area contributed by atoms with E-state index >= 15 is 0 Å². The molecular weight excluding hydrogens is 256 g/mol. The molecule has 0 aromatic heterocycles. The molecule has 2 aliphatic rings. The summed E-state index contributed by atoms with van der Waals surface area (Å²) in [4.78, 5) is 23.6. The van der Waals surface area contributed by atoms with E-state index in [-0.39, 0.29) is 11.8 Å². The fourth-order valence-corrected chi connectivity index (χ4v) is 2.54. The third-order valence-corrected chi connectivity index (χ3v) is 3.50. The number of ketones is 1. The molecule has 0 spiro atoms. The summed E-state index contributed by atoms with van der Waals surface area (Å²) in [6.07, 6.45) is 1.37. The maximum Gasteiger partial charge on any atom is 0.321 e. The number of ether oxygens (including phenoxy) is 1. The second-order valence-corrected chi connectivity index (χ2v) is 4.94. The first kappa shape index (κ1) is 12.9. The van der Waals surface area contributed by atoms with Crippen LogP contribution < -0.4 is 10.6 Å². The van der Waals surface area contributed by atoms with E-state index in [4.69, 9.17) is 4.74 Å². The average molecular weight is 272 g/mol. The van der Waals surface area contributed by atoms with Gasteiger partial charge in [-0.05, 0) is 18.4 Å². The predicted molar refractivity (Wildman–Crippen MR) is 72.6 cm³/mol. The summed E-state index contributed by atoms with van der Waals surface area (Å²) in [6.45, 7) is 0.357. The van der Waals surface area contributed by atoms with Crippen LogP contribution >= 0.6 is 0 Å². The van der Waals surface area contributed by atoms with E-state index in [1.54, 1.807) is 0 Å². The first-order valence-corrected chi connectivity index (χ1v) is 6.73. The van der Waals surface area contributed by atoms with Gasteiger partial charge in [-0.2, -0.15) is 0 Å². The lowest BCUT2D eigenvalue weighted by atomic mass is 9.92. The van der Waals surface area contributed by atoms with Crippen molar-refractivity contribution in [2.75, 3.05) is 0 Å². The van der Waals surface area contributed by atoms with Crippen LogP contribution in [0.4, 0.5) is 4.79 Å². The highest BCUT2D eigenvalue weighted by Crippen LogP contribution is 2.26. The topological polar surface area (TPSA) is 67.4 Å². The fraction of sp³-hybridized carbons (Fsp3) is 0.333. The SMILES string of the molecule is O=C1NC2=C(C(=O)CCC2)[C@H](OCc2ccccc2)N1. The Morgan fingerprint density at radius 1 is 1.15 bits per heavy atom. The molecule has 1 aromatic rings. The molecule has 1 aromatic carbocycles. The van der Waals surface area contributed by atoms with Crippen molar-refractivity contribution in [3.8, 4) is 0 Å². The van der Waals surface area contributed by atoms with Crippen molar-refractivity contribution in [1.29, 1.82) is 0 Å². The largest absolute Gasteiger partial charge is 0.349 e. The molecule has 0 saturated heterocycles. The van der Waals surface area contributed by atoms with Crippen LogP contribution in [0.25, 0.3) is 0 Å². The Bertz CT molecular complexity index is 566. The van der Waals surface area contributed by atoms with Gasteiger partial charge >= 0.3 is 6.03 Å². The summed E-state index contributed by atoms with van der Waals surface area (Å²) in [7, 11) is 0. The zero-order valence-corrected chi connectivity index (χ0v) is 11.0. The van der Waals surface area contributed by atoms with Gasteiger partial charge in [0.05, 0.1) is 12.2 Å². The molecule has 0 unspecified atom stereocenters. The first-order valence-electron chi connectivity index (χ1n) is 6.73. The Morgan fingerprint density at radius 3 is 2.75 bits per heavy atom. The molecule has 5 heteroatoms. The lowest BCUT2D eigenvalue weighted by Crippen LogP contribution is -2.52. The first-order chi connectivity index (χ1) is 9.74. The van der Waals surface area contributed by atoms with Crippen molar-refractivity contribution in [3.05, 3.63) is 47.2 Å². The molecule has 1 aliphatic heterocycles. The van der Waals surface area contributed by atoms with Crippen LogP contribution in [0.15, 0.2) is 41.6 Å². The van der Waals surface area contributed by atoms with Gasteiger partial charge in [-0.1, -0.05) is 30.3 Å². The number of benzene rings is 1. The summed E-state index contributed by atoms with van der Waals surface area (Å²) >= 11 is 0. The number of amides is 2. The van der Waals surface area contributed by atoms with Crippen LogP contribution in [0.2, 0.25) is 0 Å². The van der Waals surface area contributed by atoms with Gasteiger partial charge in [-0.15, -0.1) is 0 Å². The molecule has 20 heavy (non-hydrogen) atoms. The summed E-state index contributed by atoms with van der Waals surface area (Å²) in [6, 6.07) is 9.37. The van der Waals surface area contributed by atoms with Crippen molar-refractivity contribution < 1.29 is 14.3 Å². The molecule has 0 fully saturated rings. The summed E-state index contributed by atoms with van der Waals surface area (Å²) in [5, 5.41) is 5.37. The van der Waals surface area contributed by atoms with E-state index < -0.39 is 6.23 Å². The monoisotopic (exact) mass is 272 g/mol. The lowest BCUT2D eigenvalue weighted by Gasteiger charge is -2.31. The molecule has 3 rings (SSSR count). The van der Waals surface area contributed by atoms with Crippen LogP contribution in [-0.2, 0) is 16.1 Å². The van der Waals surface area contributed by atoms with E-state index in [1.807, 2.05) is 30.3 Å². The molecule has 1 heterocycles. The smallest absolute Gasteiger partial charge is 0.321 e. The van der Waals surface area contributed by atoms with Gasteiger partial charge in [-0.3, -0.25) is 4.79 Å². The summed E-state index contributed by atoms with van der Waals surface area (Å²) in [5.41, 5.74) is 2.29. The minimum atomic E-state index is -0.647. The number of carbonyl (C=O) groups excluding carboxylic acids is 2. The molecule has 0 saturated carbocycles. The maximum atomic E-state index is 12.0. The van der Waals surface area contributed by atoms with Crippen LogP contribution in [0.1, 0.15) is 24.8 Å². The van der Waals surface area contributed by atoms with Crippen molar-refractivity contribution in [2.24, 2.45) is 0 Å². The van der Waals surface area contributed by atoms with E-state index in [2.05, 4.69) is 10.6 Å². The maximum absolute atomic E-state index is 12.0. The normalized spacial score (nSPS) is 22.1. The second kappa shape index (κ2) is 5.46. The van der Waals surface area contributed by atoms with Crippen molar-refractivity contribution in [2.45, 2.75) is 32.1 Å². The zero-order valence-electron chi connectivity index (χ0n) is 11.0. The highest BCUT2D eigenvalue weighted by molar-refractivity contribution is 6.00. The molecule has 0 radical (unpaired) electrons. The average Bonchev–Trinajstić information content (AvgIpc) is 2.45. The van der Waals surface area contributed by atoms with Gasteiger partial charge in [0.1, 0.15) is 0 Å². The summed E-state index contributed by atoms with van der Waals surface area (Å²) in [5.74, 6) is 0.0526. The quantitative estimate of drug-likeness (QED) is 0.882. The number of carbonyl (C=O) groups is 2. The van der Waals surface area contributed by atoms with Gasteiger partial charge in [0.15, 0.2) is 12.0 Å². The highest BCUT2D eigenvalue weighted by Gasteiger charge is 2.33. The lowest BCUT2D eigenvalue weighted by molar-refractivity contribution is -0.118. The summed E-state index contributed by atoms with van der Waals surface area (Å²) < 4.78 is 5.73. The minimum Gasteiger partial charge on any atom is -0.349 e. The molecule has 1 aliphatic carbocycles. The van der Waals surface area contributed by atoms with Crippen LogP contribution in [0, 0.1) is 0 Å². The highest BCUT2D eigenvalue weighted by atomic mass is 16.5. The van der Waals surface area contributed by atoms with E-state index in [1.165, 1.54) is 0 Å². The van der Waals surface area contributed by atoms with E-state index in [0.29, 0.717) is 24.3 Å². The third-order valence-electron chi connectivity index (χ3n) is 3.50. The number of urea groups is 1. The van der Waals surface area contributed by atoms with Crippen molar-refractivity contribution in [1.82, 2.24) is 10.6 Å². The molecule has 2 N–H and O–H groups in total. The second-order valence-electron chi connectivity index (χ2n) is 4.94. The number of hydrogen-bond acceptors (Lipinski definition) is 3. The Kier molecular flexibility index (Phi) is 3.52. The predicted octanol–water partition coefficient (Wildman–Crippen LogP) is 1.85. The Hall–Kier alpha value is -2.14. The van der Waals surface area contributed by atoms with E-state index in [9.17, 15) is 9.59 Å². The Labute approximate surface area is 117 Å². The van der Waals surface area contributed by atoms with Gasteiger partial charge in [0.25, 0.3) is 0 Å². The number of hydrogen-bond donors (Lipinski definition) is 2. The molecule has 1 atom stereocenters. The molecule has 104 valence electrons. The van der Waals surface area contributed by atoms with Crippen molar-refractivity contribution in [3.63, 3.8) is 0 Å². The Morgan fingerprint density at radius 2 is 1.95 bits per heavy atom. The fourth-order valence-electron chi connectivity index (χ4n) is 2.54. The number of Topliss-reactive ketones (excluding diaryl/α,β-unsaturated/α-hetero) is 1. The number of nitrogens with one attached hydrogen (secondary N) is 2. The van der Waals surface area contributed by atoms with Gasteiger partial charge in [-0.25, -0.2) is 4.79 Å². The van der Waals surface area contributed by atoms with Crippen LogP contribution in [0.5, 0.6) is 0 Å². The van der Waals surface area contributed by atoms with Gasteiger partial charge in [0, 0.05) is 12.1 Å². The van der Waals surface area contributed by atoms with Gasteiger partial charge in [0.2, 0.25) is 0 Å². The van der Waals surface area contributed by atoms with Gasteiger partial charge < -0.3 is 15.4 Å². The number of allylic oxidation sites excluding steroid dienone is 1. The van der Waals surface area contributed by atoms with Crippen molar-refractivity contribution >= 4 is 11.8 Å². The van der Waals surface area contributed by atoms with E-state index in [0.717, 1.165) is 18.4 Å². The third kappa shape index (κ3) is 2.58. The molecule has 5 nitrogen and oxygen atoms in total. The minimum absolute atomic E-state index is 0.0526. The molecule has 2 amide bonds. The standard InChI is InChI=1S/C15H16N2O3/c18-12-8-4-7-11-13(12)14(17-15(19)16-11)20-9-10-5-2-1-3-6-10/h1-3,5-6,14H,4,7-9H2,(H2,16,17,19)/t14-/m0/s1. The number of rotatable bonds is 3. The molecular formula is C15H16N2O3. The Balaban J connectivity index is 1.77. The van der Waals surface area contributed by atoms with Crippen LogP contribution in [0.3, 0.4) is 0 Å².